The van der Waals surface area contributed by atoms with Crippen LogP contribution in [0.3, 0.4) is 0 Å². The molecular weight excluding hydrogens is 160 g/mol. The van der Waals surface area contributed by atoms with E-state index in [1.54, 1.807) is 0 Å². The van der Waals surface area contributed by atoms with Crippen molar-refractivity contribution in [2.45, 2.75) is 47.5 Å². The summed E-state index contributed by atoms with van der Waals surface area (Å²) in [5, 5.41) is 1.95. The van der Waals surface area contributed by atoms with Crippen LogP contribution in [0.5, 0.6) is 0 Å². The summed E-state index contributed by atoms with van der Waals surface area (Å²) in [7, 11) is 0. The van der Waals surface area contributed by atoms with Crippen LogP contribution in [-0.4, -0.2) is 18.1 Å². The third kappa shape index (κ3) is 9.84. The Labute approximate surface area is 83.5 Å². The van der Waals surface area contributed by atoms with E-state index in [4.69, 9.17) is 5.84 Å². The molecule has 0 unspecified atom stereocenters. The summed E-state index contributed by atoms with van der Waals surface area (Å²) in [4.78, 5) is 0. The van der Waals surface area contributed by atoms with E-state index in [0.29, 0.717) is 5.41 Å². The lowest BCUT2D eigenvalue weighted by molar-refractivity contribution is 0.189. The molecule has 0 amide bonds. The van der Waals surface area contributed by atoms with E-state index in [2.05, 4.69) is 34.6 Å². The molecule has 2 nitrogen and oxygen atoms in total. The fourth-order valence-corrected chi connectivity index (χ4v) is 1.39. The van der Waals surface area contributed by atoms with Crippen LogP contribution in [-0.2, 0) is 0 Å². The molecule has 2 heteroatoms. The number of hydrazine groups is 1. The summed E-state index contributed by atoms with van der Waals surface area (Å²) in [5.74, 6) is 6.67. The van der Waals surface area contributed by atoms with E-state index < -0.39 is 0 Å². The minimum atomic E-state index is 0.312. The average molecular weight is 186 g/mol. The van der Waals surface area contributed by atoms with Crippen LogP contribution in [0, 0.1) is 11.3 Å². The molecule has 0 rings (SSSR count). The van der Waals surface area contributed by atoms with Crippen LogP contribution in [0.4, 0.5) is 0 Å². The van der Waals surface area contributed by atoms with Gasteiger partial charge < -0.3 is 0 Å². The van der Waals surface area contributed by atoms with Gasteiger partial charge in [-0.15, -0.1) is 0 Å². The molecule has 0 spiro atoms. The van der Waals surface area contributed by atoms with E-state index in [1.165, 1.54) is 12.8 Å². The van der Waals surface area contributed by atoms with Crippen LogP contribution in [0.25, 0.3) is 0 Å². The summed E-state index contributed by atoms with van der Waals surface area (Å²) >= 11 is 0. The second-order valence-corrected chi connectivity index (χ2v) is 5.57. The van der Waals surface area contributed by atoms with E-state index in [-0.39, 0.29) is 0 Å². The first-order valence-electron chi connectivity index (χ1n) is 5.31. The molecule has 0 fully saturated rings. The lowest BCUT2D eigenvalue weighted by Crippen LogP contribution is -2.38. The largest absolute Gasteiger partial charge is 0.269 e. The number of nitrogens with two attached hydrogens (primary N) is 1. The van der Waals surface area contributed by atoms with E-state index in [0.717, 1.165) is 19.0 Å². The highest BCUT2D eigenvalue weighted by molar-refractivity contribution is 4.65. The molecule has 0 saturated heterocycles. The van der Waals surface area contributed by atoms with Gasteiger partial charge in [0.1, 0.15) is 0 Å². The zero-order chi connectivity index (χ0) is 10.5. The fraction of sp³-hybridized carbons (Fsp3) is 1.00. The lowest BCUT2D eigenvalue weighted by Gasteiger charge is -2.26. The Morgan fingerprint density at radius 2 is 1.77 bits per heavy atom. The van der Waals surface area contributed by atoms with Gasteiger partial charge in [0, 0.05) is 13.1 Å². The van der Waals surface area contributed by atoms with Gasteiger partial charge in [-0.2, -0.15) is 0 Å². The molecule has 80 valence electrons. The first kappa shape index (κ1) is 12.9. The van der Waals surface area contributed by atoms with E-state index >= 15 is 0 Å². The van der Waals surface area contributed by atoms with Crippen molar-refractivity contribution in [3.8, 4) is 0 Å². The highest BCUT2D eigenvalue weighted by Gasteiger charge is 2.13. The van der Waals surface area contributed by atoms with Gasteiger partial charge in [0.25, 0.3) is 0 Å². The lowest BCUT2D eigenvalue weighted by atomic mass is 9.96. The second kappa shape index (κ2) is 5.61. The first-order valence-corrected chi connectivity index (χ1v) is 5.31. The average Bonchev–Trinajstić information content (AvgIpc) is 1.81. The molecule has 0 atom stereocenters. The van der Waals surface area contributed by atoms with Crippen LogP contribution < -0.4 is 5.84 Å². The predicted molar refractivity (Wildman–Crippen MR) is 59.3 cm³/mol. The molecule has 0 aliphatic heterocycles. The van der Waals surface area contributed by atoms with Gasteiger partial charge in [0.15, 0.2) is 0 Å². The Morgan fingerprint density at radius 1 is 1.23 bits per heavy atom. The zero-order valence-electron chi connectivity index (χ0n) is 9.93. The maximum atomic E-state index is 5.88. The monoisotopic (exact) mass is 186 g/mol. The zero-order valence-corrected chi connectivity index (χ0v) is 9.93. The number of hydrogen-bond donors (Lipinski definition) is 1. The summed E-state index contributed by atoms with van der Waals surface area (Å²) in [5.41, 5.74) is 0.312. The summed E-state index contributed by atoms with van der Waals surface area (Å²) < 4.78 is 0. The molecule has 13 heavy (non-hydrogen) atoms. The molecule has 0 aromatic heterocycles. The molecule has 0 radical (unpaired) electrons. The summed E-state index contributed by atoms with van der Waals surface area (Å²) in [6, 6.07) is 0. The molecule has 2 N–H and O–H groups in total. The molecule has 0 aromatic carbocycles. The van der Waals surface area contributed by atoms with Crippen molar-refractivity contribution >= 4 is 0 Å². The van der Waals surface area contributed by atoms with Crippen LogP contribution in [0.15, 0.2) is 0 Å². The van der Waals surface area contributed by atoms with Gasteiger partial charge in [-0.3, -0.25) is 5.84 Å². The van der Waals surface area contributed by atoms with Crippen LogP contribution in [0.2, 0.25) is 0 Å². The highest BCUT2D eigenvalue weighted by Crippen LogP contribution is 2.13. The van der Waals surface area contributed by atoms with Crippen molar-refractivity contribution in [2.75, 3.05) is 13.1 Å². The minimum absolute atomic E-state index is 0.312. The Hall–Kier alpha value is -0.0800. The smallest absolute Gasteiger partial charge is 0.0177 e. The van der Waals surface area contributed by atoms with Gasteiger partial charge in [0.2, 0.25) is 0 Å². The van der Waals surface area contributed by atoms with E-state index in [9.17, 15) is 0 Å². The van der Waals surface area contributed by atoms with Crippen molar-refractivity contribution in [2.24, 2.45) is 17.2 Å². The Kier molecular flexibility index (Phi) is 5.57. The molecule has 0 heterocycles. The third-order valence-electron chi connectivity index (χ3n) is 1.90. The normalized spacial score (nSPS) is 12.9. The third-order valence-corrected chi connectivity index (χ3v) is 1.90. The maximum Gasteiger partial charge on any atom is 0.0177 e. The van der Waals surface area contributed by atoms with E-state index in [1.807, 2.05) is 5.01 Å². The van der Waals surface area contributed by atoms with Gasteiger partial charge >= 0.3 is 0 Å². The topological polar surface area (TPSA) is 29.3 Å². The van der Waals surface area contributed by atoms with Gasteiger partial charge in [0.05, 0.1) is 0 Å². The number of nitrogens with zero attached hydrogens (tertiary/aromatic N) is 1. The van der Waals surface area contributed by atoms with Crippen molar-refractivity contribution in [3.05, 3.63) is 0 Å². The molecule has 0 aliphatic rings. The molecular formula is C11H26N2. The summed E-state index contributed by atoms with van der Waals surface area (Å²) in [6.07, 6.45) is 2.49. The van der Waals surface area contributed by atoms with Crippen molar-refractivity contribution in [1.82, 2.24) is 5.01 Å². The Balaban J connectivity index is 3.46. The van der Waals surface area contributed by atoms with Gasteiger partial charge in [-0.1, -0.05) is 34.6 Å². The first-order chi connectivity index (χ1) is 5.81. The van der Waals surface area contributed by atoms with Gasteiger partial charge in [-0.25, -0.2) is 5.01 Å². The van der Waals surface area contributed by atoms with Crippen LogP contribution in [0.1, 0.15) is 47.5 Å². The molecule has 0 aromatic rings. The summed E-state index contributed by atoms with van der Waals surface area (Å²) in [6.45, 7) is 13.2. The molecule has 0 saturated carbocycles. The Bertz CT molecular complexity index is 125. The highest BCUT2D eigenvalue weighted by atomic mass is 15.4. The predicted octanol–water partition coefficient (Wildman–Crippen LogP) is 2.64. The SMILES string of the molecule is CC(C)CCCN(N)CC(C)(C)C. The van der Waals surface area contributed by atoms with Crippen LogP contribution >= 0.6 is 0 Å². The quantitative estimate of drug-likeness (QED) is 0.528. The van der Waals surface area contributed by atoms with Crippen molar-refractivity contribution in [1.29, 1.82) is 0 Å². The Morgan fingerprint density at radius 3 is 2.15 bits per heavy atom. The van der Waals surface area contributed by atoms with Crippen molar-refractivity contribution < 1.29 is 0 Å². The number of rotatable bonds is 5. The standard InChI is InChI=1S/C11H26N2/c1-10(2)7-6-8-13(12)9-11(3,4)5/h10H,6-9,12H2,1-5H3. The number of hydrogen-bond acceptors (Lipinski definition) is 2. The fourth-order valence-electron chi connectivity index (χ4n) is 1.39. The molecule has 0 bridgehead atoms. The second-order valence-electron chi connectivity index (χ2n) is 5.57. The van der Waals surface area contributed by atoms with Crippen molar-refractivity contribution in [3.63, 3.8) is 0 Å². The minimum Gasteiger partial charge on any atom is -0.269 e. The maximum absolute atomic E-state index is 5.88. The van der Waals surface area contributed by atoms with Gasteiger partial charge in [-0.05, 0) is 24.2 Å². The molecule has 0 aliphatic carbocycles.